The second-order valence-electron chi connectivity index (χ2n) is 5.80. The van der Waals surface area contributed by atoms with E-state index in [0.717, 1.165) is 11.1 Å². The number of rotatable bonds is 6. The van der Waals surface area contributed by atoms with Crippen molar-refractivity contribution in [2.45, 2.75) is 18.4 Å². The number of hydrogen-bond donors (Lipinski definition) is 1. The first-order valence-electron chi connectivity index (χ1n) is 7.93. The molecular weight excluding hydrogens is 489 g/mol. The molecule has 0 spiro atoms. The van der Waals surface area contributed by atoms with Crippen molar-refractivity contribution in [1.82, 2.24) is 9.97 Å². The van der Waals surface area contributed by atoms with Gasteiger partial charge in [0.15, 0.2) is 0 Å². The summed E-state index contributed by atoms with van der Waals surface area (Å²) in [5.41, 5.74) is 1.69. The number of nitrogens with one attached hydrogen (secondary N) is 1. The molecule has 0 amide bonds. The fraction of sp³-hybridized carbons (Fsp3) is 0.111. The first kappa shape index (κ1) is 20.9. The van der Waals surface area contributed by atoms with Crippen molar-refractivity contribution in [3.63, 3.8) is 0 Å². The lowest BCUT2D eigenvalue weighted by Gasteiger charge is -2.12. The molecule has 10 heteroatoms. The number of halogens is 3. The lowest BCUT2D eigenvalue weighted by atomic mass is 10.2. The maximum atomic E-state index is 12.6. The van der Waals surface area contributed by atoms with E-state index < -0.39 is 10.0 Å². The van der Waals surface area contributed by atoms with Gasteiger partial charge in [0.1, 0.15) is 11.2 Å². The Bertz CT molecular complexity index is 1110. The molecule has 28 heavy (non-hydrogen) atoms. The Balaban J connectivity index is 1.84. The van der Waals surface area contributed by atoms with E-state index >= 15 is 0 Å². The van der Waals surface area contributed by atoms with E-state index in [9.17, 15) is 8.42 Å². The van der Waals surface area contributed by atoms with Crippen LogP contribution in [0.2, 0.25) is 10.0 Å². The maximum absolute atomic E-state index is 12.6. The summed E-state index contributed by atoms with van der Waals surface area (Å²) in [6, 6.07) is 11.5. The van der Waals surface area contributed by atoms with Crippen LogP contribution in [0.3, 0.4) is 0 Å². The highest BCUT2D eigenvalue weighted by molar-refractivity contribution is 9.10. The van der Waals surface area contributed by atoms with Crippen molar-refractivity contribution in [2.75, 3.05) is 4.72 Å². The predicted octanol–water partition coefficient (Wildman–Crippen LogP) is 5.23. The van der Waals surface area contributed by atoms with Gasteiger partial charge < -0.3 is 4.74 Å². The summed E-state index contributed by atoms with van der Waals surface area (Å²) in [7, 11) is -3.85. The van der Waals surface area contributed by atoms with E-state index in [1.165, 1.54) is 18.3 Å². The summed E-state index contributed by atoms with van der Waals surface area (Å²) in [5.74, 6) is -0.0000282. The van der Waals surface area contributed by atoms with Crippen molar-refractivity contribution < 1.29 is 13.2 Å². The highest BCUT2D eigenvalue weighted by Crippen LogP contribution is 2.27. The molecule has 0 fully saturated rings. The third-order valence-electron chi connectivity index (χ3n) is 3.63. The lowest BCUT2D eigenvalue weighted by molar-refractivity contribution is 0.294. The Morgan fingerprint density at radius 3 is 2.50 bits per heavy atom. The van der Waals surface area contributed by atoms with E-state index in [1.54, 1.807) is 30.3 Å². The molecule has 0 unspecified atom stereocenters. The zero-order valence-corrected chi connectivity index (χ0v) is 18.4. The van der Waals surface area contributed by atoms with Crippen LogP contribution < -0.4 is 9.46 Å². The SMILES string of the molecule is Cc1ccc(S(=O)(=O)Nc2ncc(Br)nc2OCc2ccc(Cl)c(Cl)c2)cc1. The number of sulfonamides is 1. The van der Waals surface area contributed by atoms with Gasteiger partial charge in [0, 0.05) is 0 Å². The number of anilines is 1. The first-order valence-corrected chi connectivity index (χ1v) is 11.0. The molecular formula is C18H14BrCl2N3O3S. The topological polar surface area (TPSA) is 81.2 Å². The molecule has 3 rings (SSSR count). The molecule has 3 aromatic rings. The van der Waals surface area contributed by atoms with Crippen LogP contribution in [-0.4, -0.2) is 18.4 Å². The third-order valence-corrected chi connectivity index (χ3v) is 6.11. The third kappa shape index (κ3) is 5.14. The molecule has 2 aromatic carbocycles. The summed E-state index contributed by atoms with van der Waals surface area (Å²) in [5, 5.41) is 0.822. The Hall–Kier alpha value is -1.87. The minimum Gasteiger partial charge on any atom is -0.470 e. The van der Waals surface area contributed by atoms with E-state index in [-0.39, 0.29) is 23.2 Å². The minimum atomic E-state index is -3.85. The second kappa shape index (κ2) is 8.65. The largest absolute Gasteiger partial charge is 0.470 e. The van der Waals surface area contributed by atoms with Crippen molar-refractivity contribution >= 4 is 55.0 Å². The number of nitrogens with zero attached hydrogens (tertiary/aromatic N) is 2. The normalized spacial score (nSPS) is 11.3. The fourth-order valence-electron chi connectivity index (χ4n) is 2.21. The number of hydrogen-bond acceptors (Lipinski definition) is 5. The minimum absolute atomic E-state index is 0.0242. The summed E-state index contributed by atoms with van der Waals surface area (Å²) >= 11 is 15.1. The molecule has 0 radical (unpaired) electrons. The van der Waals surface area contributed by atoms with E-state index in [2.05, 4.69) is 30.6 Å². The van der Waals surface area contributed by atoms with Crippen LogP contribution in [-0.2, 0) is 16.6 Å². The van der Waals surface area contributed by atoms with Gasteiger partial charge in [0.05, 0.1) is 21.1 Å². The molecule has 0 bridgehead atoms. The van der Waals surface area contributed by atoms with Crippen LogP contribution in [0.5, 0.6) is 5.88 Å². The van der Waals surface area contributed by atoms with Crippen molar-refractivity contribution in [3.05, 3.63) is 74.4 Å². The van der Waals surface area contributed by atoms with Crippen molar-refractivity contribution in [2.24, 2.45) is 0 Å². The molecule has 0 saturated heterocycles. The summed E-state index contributed by atoms with van der Waals surface area (Å²) in [6.45, 7) is 1.97. The number of benzene rings is 2. The number of aryl methyl sites for hydroxylation is 1. The van der Waals surface area contributed by atoms with E-state index in [4.69, 9.17) is 27.9 Å². The van der Waals surface area contributed by atoms with Crippen LogP contribution >= 0.6 is 39.1 Å². The lowest BCUT2D eigenvalue weighted by Crippen LogP contribution is -2.15. The van der Waals surface area contributed by atoms with Crippen LogP contribution in [0.1, 0.15) is 11.1 Å². The van der Waals surface area contributed by atoms with Crippen LogP contribution in [0.15, 0.2) is 58.2 Å². The smallest absolute Gasteiger partial charge is 0.263 e. The standard InChI is InChI=1S/C18H14BrCl2N3O3S/c1-11-2-5-13(6-3-11)28(25,26)24-17-18(23-16(19)9-22-17)27-10-12-4-7-14(20)15(21)8-12/h2-9H,10H2,1H3,(H,22,24). The van der Waals surface area contributed by atoms with Crippen LogP contribution in [0.25, 0.3) is 0 Å². The summed E-state index contributed by atoms with van der Waals surface area (Å²) in [4.78, 5) is 8.35. The quantitative estimate of drug-likeness (QED) is 0.498. The summed E-state index contributed by atoms with van der Waals surface area (Å²) < 4.78 is 33.7. The Morgan fingerprint density at radius 1 is 1.11 bits per heavy atom. The van der Waals surface area contributed by atoms with Gasteiger partial charge in [0.25, 0.3) is 15.9 Å². The molecule has 0 atom stereocenters. The van der Waals surface area contributed by atoms with Crippen LogP contribution in [0.4, 0.5) is 5.82 Å². The van der Waals surface area contributed by atoms with E-state index in [1.807, 2.05) is 6.92 Å². The molecule has 0 aliphatic carbocycles. The molecule has 1 N–H and O–H groups in total. The Kier molecular flexibility index (Phi) is 6.44. The van der Waals surface area contributed by atoms with Gasteiger partial charge in [-0.05, 0) is 52.7 Å². The van der Waals surface area contributed by atoms with Gasteiger partial charge in [-0.2, -0.15) is 0 Å². The molecule has 1 heterocycles. The molecule has 6 nitrogen and oxygen atoms in total. The fourth-order valence-corrected chi connectivity index (χ4v) is 3.80. The van der Waals surface area contributed by atoms with Gasteiger partial charge in [0.2, 0.25) is 5.82 Å². The van der Waals surface area contributed by atoms with Crippen molar-refractivity contribution in [1.29, 1.82) is 0 Å². The van der Waals surface area contributed by atoms with Gasteiger partial charge >= 0.3 is 0 Å². The first-order chi connectivity index (χ1) is 13.2. The highest BCUT2D eigenvalue weighted by atomic mass is 79.9. The van der Waals surface area contributed by atoms with Crippen molar-refractivity contribution in [3.8, 4) is 5.88 Å². The Labute approximate surface area is 181 Å². The molecule has 146 valence electrons. The number of ether oxygens (including phenoxy) is 1. The van der Waals surface area contributed by atoms with Gasteiger partial charge in [-0.3, -0.25) is 4.72 Å². The summed E-state index contributed by atoms with van der Waals surface area (Å²) in [6.07, 6.45) is 1.37. The predicted molar refractivity (Wildman–Crippen MR) is 113 cm³/mol. The monoisotopic (exact) mass is 501 g/mol. The zero-order chi connectivity index (χ0) is 20.3. The second-order valence-corrected chi connectivity index (χ2v) is 9.11. The zero-order valence-electron chi connectivity index (χ0n) is 14.5. The van der Waals surface area contributed by atoms with Crippen LogP contribution in [0, 0.1) is 6.92 Å². The molecule has 1 aromatic heterocycles. The van der Waals surface area contributed by atoms with E-state index in [0.29, 0.717) is 14.6 Å². The molecule has 0 saturated carbocycles. The number of aromatic nitrogens is 2. The average Bonchev–Trinajstić information content (AvgIpc) is 2.65. The Morgan fingerprint density at radius 2 is 1.82 bits per heavy atom. The van der Waals surface area contributed by atoms with Gasteiger partial charge in [-0.1, -0.05) is 47.0 Å². The van der Waals surface area contributed by atoms with Gasteiger partial charge in [-0.15, -0.1) is 0 Å². The highest BCUT2D eigenvalue weighted by Gasteiger charge is 2.19. The molecule has 0 aliphatic heterocycles. The van der Waals surface area contributed by atoms with Gasteiger partial charge in [-0.25, -0.2) is 18.4 Å². The molecule has 0 aliphatic rings. The maximum Gasteiger partial charge on any atom is 0.263 e. The average molecular weight is 503 g/mol.